The summed E-state index contributed by atoms with van der Waals surface area (Å²) in [5, 5.41) is 11.9. The second kappa shape index (κ2) is 5.40. The Morgan fingerprint density at radius 1 is 1.39 bits per heavy atom. The molecule has 1 aromatic rings. The number of hydrogen-bond donors (Lipinski definition) is 2. The highest BCUT2D eigenvalue weighted by Crippen LogP contribution is 2.33. The van der Waals surface area contributed by atoms with E-state index in [-0.39, 0.29) is 0 Å². The summed E-state index contributed by atoms with van der Waals surface area (Å²) in [6, 6.07) is 5.76. The Morgan fingerprint density at radius 2 is 2.06 bits per heavy atom. The number of benzene rings is 1. The first kappa shape index (κ1) is 12.9. The summed E-state index contributed by atoms with van der Waals surface area (Å²) in [6.45, 7) is 0. The molecular weight excluding hydrogens is 254 g/mol. The highest BCUT2D eigenvalue weighted by Gasteiger charge is 2.30. The smallest absolute Gasteiger partial charge is 0.326 e. The van der Waals surface area contributed by atoms with Gasteiger partial charge in [0.1, 0.15) is 6.04 Å². The van der Waals surface area contributed by atoms with Crippen LogP contribution in [0.4, 0.5) is 0 Å². The minimum Gasteiger partial charge on any atom is -0.480 e. The van der Waals surface area contributed by atoms with Crippen molar-refractivity contribution in [3.8, 4) is 0 Å². The normalized spacial score (nSPS) is 16.1. The van der Waals surface area contributed by atoms with Gasteiger partial charge in [0.2, 0.25) is 0 Å². The molecule has 0 spiro atoms. The van der Waals surface area contributed by atoms with Crippen molar-refractivity contribution < 1.29 is 14.7 Å². The third kappa shape index (κ3) is 3.23. The van der Waals surface area contributed by atoms with Crippen LogP contribution in [0, 0.1) is 5.92 Å². The Kier molecular flexibility index (Phi) is 3.87. The molecule has 1 aliphatic rings. The molecule has 0 aromatic heterocycles. The zero-order chi connectivity index (χ0) is 13.1. The van der Waals surface area contributed by atoms with Crippen LogP contribution in [0.5, 0.6) is 0 Å². The number of carbonyl (C=O) groups is 2. The molecule has 1 fully saturated rings. The third-order valence-corrected chi connectivity index (χ3v) is 3.32. The Labute approximate surface area is 110 Å². The molecule has 4 nitrogen and oxygen atoms in total. The summed E-state index contributed by atoms with van der Waals surface area (Å²) in [4.78, 5) is 23.0. The number of halogens is 1. The van der Waals surface area contributed by atoms with Gasteiger partial charge in [-0.05, 0) is 24.5 Å². The SMILES string of the molecule is O=C(NC(CC1CC1)C(=O)O)c1ccccc1Cl. The molecule has 0 radical (unpaired) electrons. The van der Waals surface area contributed by atoms with Crippen molar-refractivity contribution in [2.45, 2.75) is 25.3 Å². The van der Waals surface area contributed by atoms with Gasteiger partial charge < -0.3 is 10.4 Å². The highest BCUT2D eigenvalue weighted by molar-refractivity contribution is 6.33. The molecule has 1 amide bonds. The first-order valence-corrected chi connectivity index (χ1v) is 6.24. The van der Waals surface area contributed by atoms with E-state index in [1.165, 1.54) is 0 Å². The van der Waals surface area contributed by atoms with Gasteiger partial charge in [0.25, 0.3) is 5.91 Å². The third-order valence-electron chi connectivity index (χ3n) is 2.99. The molecule has 1 aliphatic carbocycles. The first-order valence-electron chi connectivity index (χ1n) is 5.86. The standard InChI is InChI=1S/C13H14ClNO3/c14-10-4-2-1-3-9(10)12(16)15-11(13(17)18)7-8-5-6-8/h1-4,8,11H,5-7H2,(H,15,16)(H,17,18). The van der Waals surface area contributed by atoms with Crippen molar-refractivity contribution in [1.29, 1.82) is 0 Å². The van der Waals surface area contributed by atoms with E-state index in [0.717, 1.165) is 12.8 Å². The monoisotopic (exact) mass is 267 g/mol. The Balaban J connectivity index is 2.04. The molecule has 0 bridgehead atoms. The fourth-order valence-corrected chi connectivity index (χ4v) is 2.01. The second-order valence-electron chi connectivity index (χ2n) is 4.52. The lowest BCUT2D eigenvalue weighted by Crippen LogP contribution is -2.41. The van der Waals surface area contributed by atoms with Crippen LogP contribution in [-0.4, -0.2) is 23.0 Å². The minimum absolute atomic E-state index is 0.307. The number of amides is 1. The quantitative estimate of drug-likeness (QED) is 0.860. The summed E-state index contributed by atoms with van der Waals surface area (Å²) in [5.74, 6) is -1.01. The maximum atomic E-state index is 11.9. The maximum Gasteiger partial charge on any atom is 0.326 e. The summed E-state index contributed by atoms with van der Waals surface area (Å²) in [6.07, 6.45) is 2.59. The van der Waals surface area contributed by atoms with Gasteiger partial charge in [-0.2, -0.15) is 0 Å². The van der Waals surface area contributed by atoms with Gasteiger partial charge >= 0.3 is 5.97 Å². The predicted octanol–water partition coefficient (Wildman–Crippen LogP) is 2.32. The molecule has 5 heteroatoms. The number of rotatable bonds is 5. The topological polar surface area (TPSA) is 66.4 Å². The van der Waals surface area contributed by atoms with E-state index in [2.05, 4.69) is 5.32 Å². The molecule has 96 valence electrons. The minimum atomic E-state index is -0.998. The van der Waals surface area contributed by atoms with Gasteiger partial charge in [0.05, 0.1) is 10.6 Å². The lowest BCUT2D eigenvalue weighted by atomic mass is 10.1. The number of carbonyl (C=O) groups excluding carboxylic acids is 1. The van der Waals surface area contributed by atoms with Crippen LogP contribution in [0.3, 0.4) is 0 Å². The van der Waals surface area contributed by atoms with E-state index >= 15 is 0 Å². The number of aliphatic carboxylic acids is 1. The lowest BCUT2D eigenvalue weighted by molar-refractivity contribution is -0.139. The number of carboxylic acid groups (broad SMARTS) is 1. The summed E-state index contributed by atoms with van der Waals surface area (Å²) < 4.78 is 0. The highest BCUT2D eigenvalue weighted by atomic mass is 35.5. The van der Waals surface area contributed by atoms with Crippen molar-refractivity contribution >= 4 is 23.5 Å². The van der Waals surface area contributed by atoms with Crippen molar-refractivity contribution in [1.82, 2.24) is 5.32 Å². The van der Waals surface area contributed by atoms with E-state index in [0.29, 0.717) is 22.9 Å². The number of hydrogen-bond acceptors (Lipinski definition) is 2. The van der Waals surface area contributed by atoms with Crippen LogP contribution in [0.1, 0.15) is 29.6 Å². The van der Waals surface area contributed by atoms with E-state index < -0.39 is 17.9 Å². The molecule has 0 saturated heterocycles. The van der Waals surface area contributed by atoms with E-state index in [4.69, 9.17) is 16.7 Å². The first-order chi connectivity index (χ1) is 8.58. The average Bonchev–Trinajstić information content (AvgIpc) is 3.12. The fourth-order valence-electron chi connectivity index (χ4n) is 1.79. The number of nitrogens with one attached hydrogen (secondary N) is 1. The second-order valence-corrected chi connectivity index (χ2v) is 4.93. The molecule has 0 heterocycles. The van der Waals surface area contributed by atoms with Gasteiger partial charge in [-0.15, -0.1) is 0 Å². The van der Waals surface area contributed by atoms with Crippen LogP contribution in [0.25, 0.3) is 0 Å². The molecule has 0 aliphatic heterocycles. The fraction of sp³-hybridized carbons (Fsp3) is 0.385. The molecule has 1 saturated carbocycles. The van der Waals surface area contributed by atoms with Crippen LogP contribution in [0.15, 0.2) is 24.3 Å². The maximum absolute atomic E-state index is 11.9. The molecular formula is C13H14ClNO3. The molecule has 18 heavy (non-hydrogen) atoms. The average molecular weight is 268 g/mol. The molecule has 1 atom stereocenters. The molecule has 2 N–H and O–H groups in total. The van der Waals surface area contributed by atoms with E-state index in [1.807, 2.05) is 0 Å². The van der Waals surface area contributed by atoms with Gasteiger partial charge in [-0.3, -0.25) is 4.79 Å². The van der Waals surface area contributed by atoms with Crippen molar-refractivity contribution in [2.24, 2.45) is 5.92 Å². The summed E-state index contributed by atoms with van der Waals surface area (Å²) in [5.41, 5.74) is 0.307. The van der Waals surface area contributed by atoms with Gasteiger partial charge in [-0.1, -0.05) is 36.6 Å². The van der Waals surface area contributed by atoms with Gasteiger partial charge in [-0.25, -0.2) is 4.79 Å². The predicted molar refractivity (Wildman–Crippen MR) is 67.7 cm³/mol. The largest absolute Gasteiger partial charge is 0.480 e. The van der Waals surface area contributed by atoms with Crippen LogP contribution in [0.2, 0.25) is 5.02 Å². The van der Waals surface area contributed by atoms with E-state index in [9.17, 15) is 9.59 Å². The van der Waals surface area contributed by atoms with Crippen molar-refractivity contribution in [3.05, 3.63) is 34.9 Å². The zero-order valence-electron chi connectivity index (χ0n) is 9.73. The summed E-state index contributed by atoms with van der Waals surface area (Å²) in [7, 11) is 0. The van der Waals surface area contributed by atoms with Crippen molar-refractivity contribution in [2.75, 3.05) is 0 Å². The Hall–Kier alpha value is -1.55. The van der Waals surface area contributed by atoms with Gasteiger partial charge in [0, 0.05) is 0 Å². The van der Waals surface area contributed by atoms with Crippen molar-refractivity contribution in [3.63, 3.8) is 0 Å². The molecule has 2 rings (SSSR count). The van der Waals surface area contributed by atoms with Crippen LogP contribution in [-0.2, 0) is 4.79 Å². The Morgan fingerprint density at radius 3 is 2.61 bits per heavy atom. The lowest BCUT2D eigenvalue weighted by Gasteiger charge is -2.14. The Bertz CT molecular complexity index is 471. The van der Waals surface area contributed by atoms with E-state index in [1.54, 1.807) is 24.3 Å². The van der Waals surface area contributed by atoms with Gasteiger partial charge in [0.15, 0.2) is 0 Å². The number of carboxylic acids is 1. The summed E-state index contributed by atoms with van der Waals surface area (Å²) >= 11 is 5.89. The van der Waals surface area contributed by atoms with Crippen LogP contribution >= 0.6 is 11.6 Å². The molecule has 1 unspecified atom stereocenters. The van der Waals surface area contributed by atoms with Crippen LogP contribution < -0.4 is 5.32 Å². The zero-order valence-corrected chi connectivity index (χ0v) is 10.5. The molecule has 1 aromatic carbocycles.